The second-order valence-electron chi connectivity index (χ2n) is 5.79. The van der Waals surface area contributed by atoms with Crippen molar-refractivity contribution in [2.75, 3.05) is 13.2 Å². The fraction of sp³-hybridized carbons (Fsp3) is 0.333. The first kappa shape index (κ1) is 19.5. The quantitative estimate of drug-likeness (QED) is 0.700. The second kappa shape index (κ2) is 10.2. The summed E-state index contributed by atoms with van der Waals surface area (Å²) >= 11 is 0. The molecular formula is C21H25NO4. The third kappa shape index (κ3) is 6.24. The van der Waals surface area contributed by atoms with Gasteiger partial charge in [0, 0.05) is 0 Å². The molecule has 1 amide bonds. The summed E-state index contributed by atoms with van der Waals surface area (Å²) in [4.78, 5) is 24.4. The molecule has 5 nitrogen and oxygen atoms in total. The third-order valence-electron chi connectivity index (χ3n) is 3.81. The van der Waals surface area contributed by atoms with E-state index in [0.717, 1.165) is 16.9 Å². The Balaban J connectivity index is 2.09. The number of benzene rings is 2. The fourth-order valence-electron chi connectivity index (χ4n) is 2.63. The van der Waals surface area contributed by atoms with E-state index in [9.17, 15) is 9.59 Å². The second-order valence-corrected chi connectivity index (χ2v) is 5.79. The van der Waals surface area contributed by atoms with Gasteiger partial charge < -0.3 is 14.8 Å². The normalized spacial score (nSPS) is 11.5. The monoisotopic (exact) mass is 355 g/mol. The summed E-state index contributed by atoms with van der Waals surface area (Å²) in [5.41, 5.74) is 1.76. The Bertz CT molecular complexity index is 698. The van der Waals surface area contributed by atoms with Crippen LogP contribution in [0.2, 0.25) is 0 Å². The molecule has 0 aromatic heterocycles. The Morgan fingerprint density at radius 3 is 2.27 bits per heavy atom. The van der Waals surface area contributed by atoms with Crippen LogP contribution < -0.4 is 10.1 Å². The minimum atomic E-state index is -0.444. The van der Waals surface area contributed by atoms with Crippen LogP contribution in [0, 0.1) is 0 Å². The molecule has 0 fully saturated rings. The highest BCUT2D eigenvalue weighted by Gasteiger charge is 2.19. The zero-order chi connectivity index (χ0) is 18.8. The van der Waals surface area contributed by atoms with Crippen LogP contribution in [-0.2, 0) is 20.7 Å². The van der Waals surface area contributed by atoms with Gasteiger partial charge in [0.1, 0.15) is 5.75 Å². The largest absolute Gasteiger partial charge is 0.494 e. The maximum absolute atomic E-state index is 12.4. The third-order valence-corrected chi connectivity index (χ3v) is 3.81. The topological polar surface area (TPSA) is 64.6 Å². The van der Waals surface area contributed by atoms with Gasteiger partial charge in [-0.15, -0.1) is 0 Å². The Morgan fingerprint density at radius 1 is 0.962 bits per heavy atom. The Kier molecular flexibility index (Phi) is 7.68. The summed E-state index contributed by atoms with van der Waals surface area (Å²) in [5, 5.41) is 2.94. The Morgan fingerprint density at radius 2 is 1.65 bits per heavy atom. The van der Waals surface area contributed by atoms with Gasteiger partial charge in [-0.2, -0.15) is 0 Å². The number of ether oxygens (including phenoxy) is 2. The van der Waals surface area contributed by atoms with Crippen LogP contribution in [0.1, 0.15) is 37.4 Å². The SMILES string of the molecule is CCOC(=O)C[C@H](NC(=O)Cc1ccccc1)c1ccc(OCC)cc1. The van der Waals surface area contributed by atoms with E-state index in [2.05, 4.69) is 5.32 Å². The van der Waals surface area contributed by atoms with E-state index < -0.39 is 6.04 Å². The molecule has 0 saturated carbocycles. The standard InChI is InChI=1S/C21H25NO4/c1-3-25-18-12-10-17(11-13-18)19(15-21(24)26-4-2)22-20(23)14-16-8-6-5-7-9-16/h5-13,19H,3-4,14-15H2,1-2H3,(H,22,23)/t19-/m0/s1. The Labute approximate surface area is 154 Å². The number of nitrogens with one attached hydrogen (secondary N) is 1. The van der Waals surface area contributed by atoms with Crippen LogP contribution in [0.5, 0.6) is 5.75 Å². The summed E-state index contributed by atoms with van der Waals surface area (Å²) in [6.45, 7) is 4.57. The van der Waals surface area contributed by atoms with E-state index in [0.29, 0.717) is 13.2 Å². The van der Waals surface area contributed by atoms with Crippen molar-refractivity contribution >= 4 is 11.9 Å². The van der Waals surface area contributed by atoms with Crippen molar-refractivity contribution in [3.05, 3.63) is 65.7 Å². The van der Waals surface area contributed by atoms with Gasteiger partial charge in [0.25, 0.3) is 0 Å². The lowest BCUT2D eigenvalue weighted by Crippen LogP contribution is -2.31. The summed E-state index contributed by atoms with van der Waals surface area (Å²) in [5.74, 6) is 0.271. The van der Waals surface area contributed by atoms with Gasteiger partial charge in [0.15, 0.2) is 0 Å². The van der Waals surface area contributed by atoms with Gasteiger partial charge in [-0.3, -0.25) is 9.59 Å². The van der Waals surface area contributed by atoms with Crippen molar-refractivity contribution < 1.29 is 19.1 Å². The number of hydrogen-bond acceptors (Lipinski definition) is 4. The molecule has 0 saturated heterocycles. The van der Waals surface area contributed by atoms with Crippen LogP contribution in [0.15, 0.2) is 54.6 Å². The predicted molar refractivity (Wildman–Crippen MR) is 99.9 cm³/mol. The van der Waals surface area contributed by atoms with Crippen LogP contribution in [0.3, 0.4) is 0 Å². The number of carbonyl (C=O) groups is 2. The molecule has 26 heavy (non-hydrogen) atoms. The molecule has 2 aromatic carbocycles. The highest BCUT2D eigenvalue weighted by Crippen LogP contribution is 2.21. The first-order chi connectivity index (χ1) is 12.6. The summed E-state index contributed by atoms with van der Waals surface area (Å²) in [6, 6.07) is 16.4. The van der Waals surface area contributed by atoms with Gasteiger partial charge in [-0.05, 0) is 37.1 Å². The van der Waals surface area contributed by atoms with Gasteiger partial charge in [0.2, 0.25) is 5.91 Å². The zero-order valence-electron chi connectivity index (χ0n) is 15.2. The molecular weight excluding hydrogens is 330 g/mol. The summed E-state index contributed by atoms with van der Waals surface area (Å²) in [6.07, 6.45) is 0.347. The zero-order valence-corrected chi connectivity index (χ0v) is 15.2. The molecule has 1 atom stereocenters. The minimum Gasteiger partial charge on any atom is -0.494 e. The molecule has 0 heterocycles. The highest BCUT2D eigenvalue weighted by molar-refractivity contribution is 5.80. The van der Waals surface area contributed by atoms with E-state index >= 15 is 0 Å². The van der Waals surface area contributed by atoms with Gasteiger partial charge in [0.05, 0.1) is 32.1 Å². The first-order valence-electron chi connectivity index (χ1n) is 8.84. The maximum atomic E-state index is 12.4. The van der Waals surface area contributed by atoms with Crippen molar-refractivity contribution in [3.8, 4) is 5.75 Å². The Hall–Kier alpha value is -2.82. The molecule has 138 valence electrons. The molecule has 0 aliphatic heterocycles. The van der Waals surface area contributed by atoms with Crippen molar-refractivity contribution in [1.29, 1.82) is 0 Å². The number of esters is 1. The van der Waals surface area contributed by atoms with E-state index in [-0.39, 0.29) is 24.7 Å². The lowest BCUT2D eigenvalue weighted by atomic mass is 10.0. The van der Waals surface area contributed by atoms with E-state index in [1.54, 1.807) is 6.92 Å². The number of rotatable bonds is 9. The first-order valence-corrected chi connectivity index (χ1v) is 8.84. The number of amides is 1. The molecule has 2 rings (SSSR count). The van der Waals surface area contributed by atoms with Crippen LogP contribution >= 0.6 is 0 Å². The molecule has 0 bridgehead atoms. The molecule has 5 heteroatoms. The number of carbonyl (C=O) groups excluding carboxylic acids is 2. The summed E-state index contributed by atoms with van der Waals surface area (Å²) in [7, 11) is 0. The molecule has 0 unspecified atom stereocenters. The average Bonchev–Trinajstić information content (AvgIpc) is 2.63. The fourth-order valence-corrected chi connectivity index (χ4v) is 2.63. The number of hydrogen-bond donors (Lipinski definition) is 1. The van der Waals surface area contributed by atoms with E-state index in [1.165, 1.54) is 0 Å². The van der Waals surface area contributed by atoms with Gasteiger partial charge in [-0.1, -0.05) is 42.5 Å². The van der Waals surface area contributed by atoms with Crippen LogP contribution in [0.25, 0.3) is 0 Å². The van der Waals surface area contributed by atoms with Crippen molar-refractivity contribution in [2.45, 2.75) is 32.7 Å². The molecule has 2 aromatic rings. The predicted octanol–water partition coefficient (Wildman–Crippen LogP) is 3.44. The molecule has 0 radical (unpaired) electrons. The maximum Gasteiger partial charge on any atom is 0.308 e. The molecule has 0 spiro atoms. The van der Waals surface area contributed by atoms with Crippen LogP contribution in [-0.4, -0.2) is 25.1 Å². The van der Waals surface area contributed by atoms with Crippen LogP contribution in [0.4, 0.5) is 0 Å². The lowest BCUT2D eigenvalue weighted by molar-refractivity contribution is -0.143. The van der Waals surface area contributed by atoms with Gasteiger partial charge >= 0.3 is 5.97 Å². The highest BCUT2D eigenvalue weighted by atomic mass is 16.5. The lowest BCUT2D eigenvalue weighted by Gasteiger charge is -2.19. The van der Waals surface area contributed by atoms with Crippen molar-refractivity contribution in [3.63, 3.8) is 0 Å². The van der Waals surface area contributed by atoms with E-state index in [1.807, 2.05) is 61.5 Å². The van der Waals surface area contributed by atoms with Crippen molar-refractivity contribution in [2.24, 2.45) is 0 Å². The molecule has 1 N–H and O–H groups in total. The van der Waals surface area contributed by atoms with E-state index in [4.69, 9.17) is 9.47 Å². The van der Waals surface area contributed by atoms with Gasteiger partial charge in [-0.25, -0.2) is 0 Å². The average molecular weight is 355 g/mol. The minimum absolute atomic E-state index is 0.0857. The smallest absolute Gasteiger partial charge is 0.308 e. The molecule has 0 aliphatic carbocycles. The van der Waals surface area contributed by atoms with Crippen molar-refractivity contribution in [1.82, 2.24) is 5.32 Å². The summed E-state index contributed by atoms with van der Waals surface area (Å²) < 4.78 is 10.5. The molecule has 0 aliphatic rings.